The monoisotopic (exact) mass is 265 g/mol. The Morgan fingerprint density at radius 3 is 2.65 bits per heavy atom. The number of benzene rings is 2. The Balaban J connectivity index is 1.73. The third-order valence-corrected chi connectivity index (χ3v) is 4.59. The highest BCUT2D eigenvalue weighted by atomic mass is 16.5. The van der Waals surface area contributed by atoms with Gasteiger partial charge in [0.15, 0.2) is 0 Å². The average molecular weight is 265 g/mol. The number of nitrogens with one attached hydrogen (secondary N) is 1. The summed E-state index contributed by atoms with van der Waals surface area (Å²) in [5.41, 5.74) is 6.95. The number of ether oxygens (including phenoxy) is 1. The van der Waals surface area contributed by atoms with Crippen molar-refractivity contribution in [2.24, 2.45) is 0 Å². The Labute approximate surface area is 119 Å². The summed E-state index contributed by atoms with van der Waals surface area (Å²) < 4.78 is 5.58. The minimum atomic E-state index is 0.535. The van der Waals surface area contributed by atoms with Crippen molar-refractivity contribution in [3.8, 4) is 16.9 Å². The predicted octanol–water partition coefficient (Wildman–Crippen LogP) is 3.50. The second-order valence-corrected chi connectivity index (χ2v) is 5.71. The second kappa shape index (κ2) is 4.64. The Hall–Kier alpha value is -1.80. The molecule has 0 aromatic heterocycles. The van der Waals surface area contributed by atoms with E-state index < -0.39 is 0 Å². The van der Waals surface area contributed by atoms with E-state index in [1.54, 1.807) is 0 Å². The largest absolute Gasteiger partial charge is 0.493 e. The van der Waals surface area contributed by atoms with Crippen LogP contribution in [0.4, 0.5) is 0 Å². The number of aryl methyl sites for hydroxylation is 1. The van der Waals surface area contributed by atoms with Gasteiger partial charge >= 0.3 is 0 Å². The number of hydrogen-bond donors (Lipinski definition) is 1. The van der Waals surface area contributed by atoms with Crippen molar-refractivity contribution >= 4 is 0 Å². The lowest BCUT2D eigenvalue weighted by molar-refractivity contribution is 0.357. The maximum Gasteiger partial charge on any atom is 0.122 e. The lowest BCUT2D eigenvalue weighted by Crippen LogP contribution is -2.12. The molecular formula is C18H19NO. The normalized spacial score (nSPS) is 19.6. The molecule has 4 rings (SSSR count). The molecule has 0 fully saturated rings. The third-order valence-electron chi connectivity index (χ3n) is 4.59. The Kier molecular flexibility index (Phi) is 2.78. The molecule has 0 spiro atoms. The van der Waals surface area contributed by atoms with Gasteiger partial charge in [0.2, 0.25) is 0 Å². The fourth-order valence-corrected chi connectivity index (χ4v) is 3.46. The Morgan fingerprint density at radius 1 is 1.00 bits per heavy atom. The molecule has 1 N–H and O–H groups in total. The molecule has 2 aliphatic rings. The van der Waals surface area contributed by atoms with Crippen LogP contribution in [-0.4, -0.2) is 13.7 Å². The van der Waals surface area contributed by atoms with Crippen molar-refractivity contribution in [1.29, 1.82) is 0 Å². The van der Waals surface area contributed by atoms with Crippen molar-refractivity contribution in [3.05, 3.63) is 53.1 Å². The van der Waals surface area contributed by atoms with Crippen LogP contribution in [0.15, 0.2) is 36.4 Å². The van der Waals surface area contributed by atoms with E-state index in [4.69, 9.17) is 4.74 Å². The van der Waals surface area contributed by atoms with Crippen LogP contribution < -0.4 is 10.1 Å². The van der Waals surface area contributed by atoms with Gasteiger partial charge in [-0.25, -0.2) is 0 Å². The molecule has 1 atom stereocenters. The van der Waals surface area contributed by atoms with E-state index in [1.165, 1.54) is 40.7 Å². The summed E-state index contributed by atoms with van der Waals surface area (Å²) in [6.45, 7) is 0.826. The number of rotatable bonds is 2. The van der Waals surface area contributed by atoms with Crippen LogP contribution in [0, 0.1) is 0 Å². The first-order valence-electron chi connectivity index (χ1n) is 7.41. The van der Waals surface area contributed by atoms with Crippen LogP contribution in [0.2, 0.25) is 0 Å². The van der Waals surface area contributed by atoms with Gasteiger partial charge in [0.25, 0.3) is 0 Å². The van der Waals surface area contributed by atoms with Crippen molar-refractivity contribution in [3.63, 3.8) is 0 Å². The molecule has 1 unspecified atom stereocenters. The molecule has 102 valence electrons. The molecule has 0 saturated heterocycles. The molecule has 0 saturated carbocycles. The number of fused-ring (bicyclic) bond motifs is 2. The second-order valence-electron chi connectivity index (χ2n) is 5.71. The van der Waals surface area contributed by atoms with Crippen LogP contribution in [0.3, 0.4) is 0 Å². The first kappa shape index (κ1) is 12.0. The zero-order chi connectivity index (χ0) is 13.5. The van der Waals surface area contributed by atoms with Crippen LogP contribution >= 0.6 is 0 Å². The summed E-state index contributed by atoms with van der Waals surface area (Å²) in [6, 6.07) is 14.0. The molecule has 1 aliphatic carbocycles. The van der Waals surface area contributed by atoms with E-state index in [0.29, 0.717) is 6.04 Å². The predicted molar refractivity (Wildman–Crippen MR) is 81.2 cm³/mol. The van der Waals surface area contributed by atoms with Gasteiger partial charge in [0.05, 0.1) is 6.61 Å². The topological polar surface area (TPSA) is 21.3 Å². The summed E-state index contributed by atoms with van der Waals surface area (Å²) in [4.78, 5) is 0. The SMILES string of the molecule is CNC1CCc2cc(-c3ccc4c(c3)CCO4)ccc21. The Bertz CT molecular complexity index is 662. The van der Waals surface area contributed by atoms with Crippen molar-refractivity contribution in [2.45, 2.75) is 25.3 Å². The van der Waals surface area contributed by atoms with Gasteiger partial charge in [0.1, 0.15) is 5.75 Å². The number of hydrogen-bond acceptors (Lipinski definition) is 2. The molecule has 1 heterocycles. The summed E-state index contributed by atoms with van der Waals surface area (Å²) in [5.74, 6) is 1.06. The molecule has 1 aliphatic heterocycles. The molecule has 0 bridgehead atoms. The first-order valence-corrected chi connectivity index (χ1v) is 7.41. The van der Waals surface area contributed by atoms with Crippen molar-refractivity contribution < 1.29 is 4.74 Å². The van der Waals surface area contributed by atoms with Crippen LogP contribution in [-0.2, 0) is 12.8 Å². The highest BCUT2D eigenvalue weighted by molar-refractivity contribution is 5.68. The minimum Gasteiger partial charge on any atom is -0.493 e. The zero-order valence-electron chi connectivity index (χ0n) is 11.8. The van der Waals surface area contributed by atoms with Gasteiger partial charge in [-0.05, 0) is 59.8 Å². The maximum atomic E-state index is 5.58. The minimum absolute atomic E-state index is 0.535. The highest BCUT2D eigenvalue weighted by Crippen LogP contribution is 2.35. The molecule has 20 heavy (non-hydrogen) atoms. The van der Waals surface area contributed by atoms with E-state index in [1.807, 2.05) is 7.05 Å². The average Bonchev–Trinajstić information content (AvgIpc) is 3.12. The van der Waals surface area contributed by atoms with E-state index in [2.05, 4.69) is 41.7 Å². The molecule has 0 radical (unpaired) electrons. The van der Waals surface area contributed by atoms with E-state index in [-0.39, 0.29) is 0 Å². The van der Waals surface area contributed by atoms with Gasteiger partial charge in [-0.3, -0.25) is 0 Å². The summed E-state index contributed by atoms with van der Waals surface area (Å²) in [5, 5.41) is 3.40. The zero-order valence-corrected chi connectivity index (χ0v) is 11.8. The molecular weight excluding hydrogens is 246 g/mol. The summed E-state index contributed by atoms with van der Waals surface area (Å²) in [7, 11) is 2.05. The fraction of sp³-hybridized carbons (Fsp3) is 0.333. The lowest BCUT2D eigenvalue weighted by atomic mass is 9.98. The quantitative estimate of drug-likeness (QED) is 0.897. The van der Waals surface area contributed by atoms with E-state index >= 15 is 0 Å². The lowest BCUT2D eigenvalue weighted by Gasteiger charge is -2.11. The molecule has 2 nitrogen and oxygen atoms in total. The standard InChI is InChI=1S/C18H19NO/c1-19-17-6-3-14-10-12(2-5-16(14)17)13-4-7-18-15(11-13)8-9-20-18/h2,4-5,7,10-11,17,19H,3,6,8-9H2,1H3. The van der Waals surface area contributed by atoms with Gasteiger partial charge in [-0.15, -0.1) is 0 Å². The first-order chi connectivity index (χ1) is 9.85. The summed E-state index contributed by atoms with van der Waals surface area (Å²) >= 11 is 0. The fourth-order valence-electron chi connectivity index (χ4n) is 3.46. The molecule has 2 aromatic carbocycles. The van der Waals surface area contributed by atoms with Crippen molar-refractivity contribution in [2.75, 3.05) is 13.7 Å². The van der Waals surface area contributed by atoms with E-state index in [0.717, 1.165) is 18.8 Å². The smallest absolute Gasteiger partial charge is 0.122 e. The van der Waals surface area contributed by atoms with E-state index in [9.17, 15) is 0 Å². The van der Waals surface area contributed by atoms with Crippen LogP contribution in [0.5, 0.6) is 5.75 Å². The van der Waals surface area contributed by atoms with Crippen LogP contribution in [0.25, 0.3) is 11.1 Å². The van der Waals surface area contributed by atoms with Crippen molar-refractivity contribution in [1.82, 2.24) is 5.32 Å². The van der Waals surface area contributed by atoms with Crippen LogP contribution in [0.1, 0.15) is 29.2 Å². The van der Waals surface area contributed by atoms with Gasteiger partial charge in [-0.1, -0.05) is 24.3 Å². The van der Waals surface area contributed by atoms with Gasteiger partial charge in [-0.2, -0.15) is 0 Å². The molecule has 2 heteroatoms. The third kappa shape index (κ3) is 1.83. The highest BCUT2D eigenvalue weighted by Gasteiger charge is 2.21. The Morgan fingerprint density at radius 2 is 1.80 bits per heavy atom. The molecule has 2 aromatic rings. The molecule has 0 amide bonds. The van der Waals surface area contributed by atoms with Gasteiger partial charge in [0, 0.05) is 12.5 Å². The summed E-state index contributed by atoms with van der Waals surface area (Å²) in [6.07, 6.45) is 3.44. The van der Waals surface area contributed by atoms with Gasteiger partial charge < -0.3 is 10.1 Å². The maximum absolute atomic E-state index is 5.58.